The fourth-order valence-electron chi connectivity index (χ4n) is 3.20. The van der Waals surface area contributed by atoms with Crippen LogP contribution in [0.5, 0.6) is 11.5 Å². The van der Waals surface area contributed by atoms with Crippen molar-refractivity contribution in [1.29, 1.82) is 0 Å². The van der Waals surface area contributed by atoms with Crippen molar-refractivity contribution in [2.75, 3.05) is 12.2 Å². The molecule has 3 aromatic rings. The molecule has 1 N–H and O–H groups in total. The number of benzene rings is 2. The molecule has 0 amide bonds. The number of unbranched alkanes of at least 4 members (excludes halogenated alkanes) is 1. The first kappa shape index (κ1) is 17.3. The number of aromatic nitrogens is 1. The highest BCUT2D eigenvalue weighted by Crippen LogP contribution is 2.32. The highest BCUT2D eigenvalue weighted by molar-refractivity contribution is 5.92. The highest BCUT2D eigenvalue weighted by atomic mass is 16.7. The second-order valence-corrected chi connectivity index (χ2v) is 6.75. The molecule has 138 valence electrons. The summed E-state index contributed by atoms with van der Waals surface area (Å²) >= 11 is 0. The summed E-state index contributed by atoms with van der Waals surface area (Å²) in [5.41, 5.74) is 8.38. The number of nitrogens with zero attached hydrogens (tertiary/aromatic N) is 2. The Bertz CT molecular complexity index is 998. The second kappa shape index (κ2) is 7.66. The van der Waals surface area contributed by atoms with E-state index >= 15 is 0 Å². The zero-order valence-electron chi connectivity index (χ0n) is 15.7. The van der Waals surface area contributed by atoms with Gasteiger partial charge < -0.3 is 9.47 Å². The van der Waals surface area contributed by atoms with Crippen LogP contribution in [0.15, 0.2) is 47.6 Å². The summed E-state index contributed by atoms with van der Waals surface area (Å²) < 4.78 is 10.7. The van der Waals surface area contributed by atoms with Gasteiger partial charge in [-0.25, -0.2) is 0 Å². The minimum absolute atomic E-state index is 0.275. The van der Waals surface area contributed by atoms with Crippen molar-refractivity contribution in [2.24, 2.45) is 5.10 Å². The normalized spacial score (nSPS) is 12.8. The number of anilines is 1. The van der Waals surface area contributed by atoms with Crippen LogP contribution in [0.2, 0.25) is 0 Å². The van der Waals surface area contributed by atoms with Crippen LogP contribution in [0.25, 0.3) is 10.9 Å². The maximum atomic E-state index is 5.41. The molecule has 1 aromatic heterocycles. The lowest BCUT2D eigenvalue weighted by Gasteiger charge is -2.09. The van der Waals surface area contributed by atoms with E-state index in [2.05, 4.69) is 40.6 Å². The molecule has 5 heteroatoms. The summed E-state index contributed by atoms with van der Waals surface area (Å²) in [7, 11) is 0. The van der Waals surface area contributed by atoms with Crippen LogP contribution in [0.3, 0.4) is 0 Å². The molecule has 0 unspecified atom stereocenters. The van der Waals surface area contributed by atoms with Crippen molar-refractivity contribution in [2.45, 2.75) is 33.1 Å². The summed E-state index contributed by atoms with van der Waals surface area (Å²) in [6.07, 6.45) is 5.25. The number of fused-ring (bicyclic) bond motifs is 2. The van der Waals surface area contributed by atoms with Gasteiger partial charge in [0, 0.05) is 11.1 Å². The van der Waals surface area contributed by atoms with Gasteiger partial charge in [-0.1, -0.05) is 19.4 Å². The van der Waals surface area contributed by atoms with Gasteiger partial charge in [0.1, 0.15) is 0 Å². The molecular formula is C22H23N3O2. The average molecular weight is 361 g/mol. The number of pyridine rings is 1. The molecular weight excluding hydrogens is 338 g/mol. The molecule has 0 aliphatic carbocycles. The van der Waals surface area contributed by atoms with Crippen molar-refractivity contribution in [1.82, 2.24) is 4.98 Å². The first-order valence-electron chi connectivity index (χ1n) is 9.32. The highest BCUT2D eigenvalue weighted by Gasteiger charge is 2.12. The van der Waals surface area contributed by atoms with Crippen LogP contribution < -0.4 is 14.9 Å². The fourth-order valence-corrected chi connectivity index (χ4v) is 3.20. The monoisotopic (exact) mass is 361 g/mol. The van der Waals surface area contributed by atoms with Crippen molar-refractivity contribution in [3.8, 4) is 11.5 Å². The maximum Gasteiger partial charge on any atom is 0.231 e. The molecule has 0 fully saturated rings. The van der Waals surface area contributed by atoms with Gasteiger partial charge in [-0.05, 0) is 67.3 Å². The van der Waals surface area contributed by atoms with E-state index in [0.717, 1.165) is 45.8 Å². The lowest BCUT2D eigenvalue weighted by molar-refractivity contribution is 0.174. The van der Waals surface area contributed by atoms with E-state index in [1.165, 1.54) is 18.4 Å². The van der Waals surface area contributed by atoms with Gasteiger partial charge in [0.2, 0.25) is 6.79 Å². The minimum Gasteiger partial charge on any atom is -0.454 e. The molecule has 27 heavy (non-hydrogen) atoms. The molecule has 0 radical (unpaired) electrons. The second-order valence-electron chi connectivity index (χ2n) is 6.75. The zero-order chi connectivity index (χ0) is 18.6. The predicted molar refractivity (Wildman–Crippen MR) is 109 cm³/mol. The Morgan fingerprint density at radius 1 is 1.11 bits per heavy atom. The largest absolute Gasteiger partial charge is 0.454 e. The molecule has 0 saturated heterocycles. The van der Waals surface area contributed by atoms with Gasteiger partial charge in [-0.3, -0.25) is 10.4 Å². The summed E-state index contributed by atoms with van der Waals surface area (Å²) in [6.45, 7) is 4.48. The zero-order valence-corrected chi connectivity index (χ0v) is 15.7. The number of nitrogens with one attached hydrogen (secondary N) is 1. The third-order valence-corrected chi connectivity index (χ3v) is 4.62. The Morgan fingerprint density at radius 3 is 2.89 bits per heavy atom. The maximum absolute atomic E-state index is 5.41. The summed E-state index contributed by atoms with van der Waals surface area (Å²) in [5.74, 6) is 1.53. The molecule has 0 spiro atoms. The standard InChI is InChI=1S/C22H23N3O2/c1-3-4-5-16-6-8-19-18(11-16)20(10-15(2)24-19)25-23-13-17-7-9-21-22(12-17)27-14-26-21/h6-13H,3-5,14H2,1-2H3,(H,24,25)/b23-13-. The van der Waals surface area contributed by atoms with Crippen LogP contribution >= 0.6 is 0 Å². The topological polar surface area (TPSA) is 55.7 Å². The Morgan fingerprint density at radius 2 is 2.00 bits per heavy atom. The summed E-state index contributed by atoms with van der Waals surface area (Å²) in [5, 5.41) is 5.52. The van der Waals surface area contributed by atoms with Gasteiger partial charge >= 0.3 is 0 Å². The van der Waals surface area contributed by atoms with E-state index in [0.29, 0.717) is 0 Å². The molecule has 0 bridgehead atoms. The van der Waals surface area contributed by atoms with Crippen LogP contribution in [0.4, 0.5) is 5.69 Å². The number of hydrazone groups is 1. The lowest BCUT2D eigenvalue weighted by atomic mass is 10.0. The number of rotatable bonds is 6. The molecule has 2 aromatic carbocycles. The van der Waals surface area contributed by atoms with E-state index in [-0.39, 0.29) is 6.79 Å². The Balaban J connectivity index is 1.58. The third kappa shape index (κ3) is 3.87. The number of hydrogen-bond donors (Lipinski definition) is 1. The number of hydrogen-bond acceptors (Lipinski definition) is 5. The van der Waals surface area contributed by atoms with Crippen LogP contribution in [-0.2, 0) is 6.42 Å². The molecule has 0 saturated carbocycles. The Kier molecular flexibility index (Phi) is 4.92. The van der Waals surface area contributed by atoms with Gasteiger partial charge in [-0.15, -0.1) is 0 Å². The molecule has 2 heterocycles. The third-order valence-electron chi connectivity index (χ3n) is 4.62. The van der Waals surface area contributed by atoms with E-state index in [1.54, 1.807) is 6.21 Å². The number of aryl methyl sites for hydroxylation is 2. The summed E-state index contributed by atoms with van der Waals surface area (Å²) in [6, 6.07) is 14.3. The SMILES string of the molecule is CCCCc1ccc2nc(C)cc(N/N=C\c3ccc4c(c3)OCO4)c2c1. The number of ether oxygens (including phenoxy) is 2. The average Bonchev–Trinajstić information content (AvgIpc) is 3.14. The quantitative estimate of drug-likeness (QED) is 0.492. The van der Waals surface area contributed by atoms with Crippen molar-refractivity contribution < 1.29 is 9.47 Å². The fraction of sp³-hybridized carbons (Fsp3) is 0.273. The molecule has 1 aliphatic heterocycles. The van der Waals surface area contributed by atoms with Crippen molar-refractivity contribution in [3.63, 3.8) is 0 Å². The van der Waals surface area contributed by atoms with E-state index in [1.807, 2.05) is 31.2 Å². The van der Waals surface area contributed by atoms with Crippen molar-refractivity contribution in [3.05, 3.63) is 59.3 Å². The Labute approximate surface area is 159 Å². The van der Waals surface area contributed by atoms with Gasteiger partial charge in [-0.2, -0.15) is 5.10 Å². The van der Waals surface area contributed by atoms with Crippen LogP contribution in [0.1, 0.15) is 36.6 Å². The first-order chi connectivity index (χ1) is 13.2. The van der Waals surface area contributed by atoms with E-state index in [9.17, 15) is 0 Å². The van der Waals surface area contributed by atoms with Gasteiger partial charge in [0.25, 0.3) is 0 Å². The van der Waals surface area contributed by atoms with Gasteiger partial charge in [0.15, 0.2) is 11.5 Å². The lowest BCUT2D eigenvalue weighted by Crippen LogP contribution is -1.96. The molecule has 0 atom stereocenters. The van der Waals surface area contributed by atoms with Crippen LogP contribution in [0, 0.1) is 6.92 Å². The first-order valence-corrected chi connectivity index (χ1v) is 9.32. The summed E-state index contributed by atoms with van der Waals surface area (Å²) in [4.78, 5) is 4.64. The smallest absolute Gasteiger partial charge is 0.231 e. The minimum atomic E-state index is 0.275. The molecule has 5 nitrogen and oxygen atoms in total. The van der Waals surface area contributed by atoms with E-state index in [4.69, 9.17) is 9.47 Å². The van der Waals surface area contributed by atoms with E-state index < -0.39 is 0 Å². The molecule has 1 aliphatic rings. The molecule has 4 rings (SSSR count). The van der Waals surface area contributed by atoms with Gasteiger partial charge in [0.05, 0.1) is 17.4 Å². The van der Waals surface area contributed by atoms with Crippen molar-refractivity contribution >= 4 is 22.8 Å². The van der Waals surface area contributed by atoms with Crippen LogP contribution in [-0.4, -0.2) is 18.0 Å². The predicted octanol–water partition coefficient (Wildman–Crippen LogP) is 5.06. The Hall–Kier alpha value is -3.08.